The molecule has 0 saturated heterocycles. The molecule has 0 fully saturated rings. The molecule has 0 aliphatic heterocycles. The summed E-state index contributed by atoms with van der Waals surface area (Å²) in [5, 5.41) is 3.91. The highest BCUT2D eigenvalue weighted by Gasteiger charge is 2.04. The predicted octanol–water partition coefficient (Wildman–Crippen LogP) is 1.86. The summed E-state index contributed by atoms with van der Waals surface area (Å²) in [6.45, 7) is 0. The lowest BCUT2D eigenvalue weighted by Gasteiger charge is -2.06. The summed E-state index contributed by atoms with van der Waals surface area (Å²) in [7, 11) is 3.14. The zero-order valence-electron chi connectivity index (χ0n) is 11.7. The van der Waals surface area contributed by atoms with E-state index in [1.54, 1.807) is 50.7 Å². The van der Waals surface area contributed by atoms with Crippen LogP contribution in [0, 0.1) is 0 Å². The molecule has 0 spiro atoms. The molecular formula is C15H15N3O3. The number of pyridine rings is 1. The van der Waals surface area contributed by atoms with E-state index in [9.17, 15) is 4.79 Å². The van der Waals surface area contributed by atoms with Gasteiger partial charge in [0.2, 0.25) is 0 Å². The highest BCUT2D eigenvalue weighted by Crippen LogP contribution is 2.22. The summed E-state index contributed by atoms with van der Waals surface area (Å²) in [4.78, 5) is 15.6. The highest BCUT2D eigenvalue weighted by atomic mass is 16.5. The molecule has 1 N–H and O–H groups in total. The molecule has 0 saturated carbocycles. The number of ether oxygens (including phenoxy) is 2. The number of nitrogens with one attached hydrogen (secondary N) is 1. The third-order valence-corrected chi connectivity index (χ3v) is 2.73. The SMILES string of the molecule is COc1ccc(/C=N/NC(=O)c2cccnc2)c(OC)c1. The van der Waals surface area contributed by atoms with Gasteiger partial charge in [-0.05, 0) is 24.3 Å². The van der Waals surface area contributed by atoms with Crippen molar-refractivity contribution in [2.45, 2.75) is 0 Å². The summed E-state index contributed by atoms with van der Waals surface area (Å²) in [5.74, 6) is 0.962. The molecule has 2 rings (SSSR count). The number of carbonyl (C=O) groups excluding carboxylic acids is 1. The van der Waals surface area contributed by atoms with Gasteiger partial charge in [0.1, 0.15) is 11.5 Å². The van der Waals surface area contributed by atoms with Crippen LogP contribution in [0.15, 0.2) is 47.8 Å². The third kappa shape index (κ3) is 3.79. The maximum Gasteiger partial charge on any atom is 0.272 e. The van der Waals surface area contributed by atoms with Gasteiger partial charge in [0.15, 0.2) is 0 Å². The first-order chi connectivity index (χ1) is 10.2. The number of hydrogen-bond donors (Lipinski definition) is 1. The van der Waals surface area contributed by atoms with Crippen LogP contribution in [0.25, 0.3) is 0 Å². The first kappa shape index (κ1) is 14.5. The summed E-state index contributed by atoms with van der Waals surface area (Å²) in [5.41, 5.74) is 3.60. The Morgan fingerprint density at radius 1 is 1.29 bits per heavy atom. The second-order valence-corrected chi connectivity index (χ2v) is 4.05. The minimum absolute atomic E-state index is 0.327. The third-order valence-electron chi connectivity index (χ3n) is 2.73. The molecule has 0 aliphatic rings. The molecule has 0 atom stereocenters. The van der Waals surface area contributed by atoms with Crippen molar-refractivity contribution in [1.29, 1.82) is 0 Å². The number of methoxy groups -OCH3 is 2. The number of nitrogens with zero attached hydrogens (tertiary/aromatic N) is 2. The van der Waals surface area contributed by atoms with Crippen LogP contribution < -0.4 is 14.9 Å². The lowest BCUT2D eigenvalue weighted by atomic mass is 10.2. The van der Waals surface area contributed by atoms with Crippen molar-refractivity contribution < 1.29 is 14.3 Å². The number of benzene rings is 1. The summed E-state index contributed by atoms with van der Waals surface area (Å²) >= 11 is 0. The number of carbonyl (C=O) groups is 1. The first-order valence-electron chi connectivity index (χ1n) is 6.20. The molecule has 6 nitrogen and oxygen atoms in total. The second kappa shape index (κ2) is 7.04. The monoisotopic (exact) mass is 285 g/mol. The molecule has 1 aromatic carbocycles. The van der Waals surface area contributed by atoms with Gasteiger partial charge in [0.25, 0.3) is 5.91 Å². The number of aromatic nitrogens is 1. The minimum atomic E-state index is -0.327. The Bertz CT molecular complexity index is 642. The van der Waals surface area contributed by atoms with Gasteiger partial charge in [-0.25, -0.2) is 5.43 Å². The standard InChI is InChI=1S/C15H15N3O3/c1-20-13-6-5-11(14(8-13)21-2)10-17-18-15(19)12-4-3-7-16-9-12/h3-10H,1-2H3,(H,18,19)/b17-10+. The van der Waals surface area contributed by atoms with Gasteiger partial charge in [0.05, 0.1) is 26.0 Å². The Labute approximate surface area is 122 Å². The van der Waals surface area contributed by atoms with Gasteiger partial charge in [-0.1, -0.05) is 0 Å². The van der Waals surface area contributed by atoms with Crippen molar-refractivity contribution in [2.24, 2.45) is 5.10 Å². The molecule has 108 valence electrons. The maximum atomic E-state index is 11.8. The van der Waals surface area contributed by atoms with Crippen molar-refractivity contribution >= 4 is 12.1 Å². The molecule has 1 amide bonds. The minimum Gasteiger partial charge on any atom is -0.497 e. The van der Waals surface area contributed by atoms with E-state index in [4.69, 9.17) is 9.47 Å². The van der Waals surface area contributed by atoms with Crippen molar-refractivity contribution in [3.05, 3.63) is 53.9 Å². The summed E-state index contributed by atoms with van der Waals surface area (Å²) < 4.78 is 10.3. The Morgan fingerprint density at radius 2 is 2.14 bits per heavy atom. The highest BCUT2D eigenvalue weighted by molar-refractivity contribution is 5.94. The molecule has 1 heterocycles. The zero-order chi connectivity index (χ0) is 15.1. The van der Waals surface area contributed by atoms with E-state index >= 15 is 0 Å². The lowest BCUT2D eigenvalue weighted by Crippen LogP contribution is -2.17. The van der Waals surface area contributed by atoms with Crippen LogP contribution in [0.4, 0.5) is 0 Å². The topological polar surface area (TPSA) is 72.8 Å². The quantitative estimate of drug-likeness (QED) is 0.672. The second-order valence-electron chi connectivity index (χ2n) is 4.05. The van der Waals surface area contributed by atoms with Crippen molar-refractivity contribution in [3.8, 4) is 11.5 Å². The van der Waals surface area contributed by atoms with Gasteiger partial charge >= 0.3 is 0 Å². The smallest absolute Gasteiger partial charge is 0.272 e. The Kier molecular flexibility index (Phi) is 4.87. The fourth-order valence-corrected chi connectivity index (χ4v) is 1.65. The Morgan fingerprint density at radius 3 is 2.81 bits per heavy atom. The van der Waals surface area contributed by atoms with Crippen molar-refractivity contribution in [1.82, 2.24) is 10.4 Å². The van der Waals surface area contributed by atoms with Crippen molar-refractivity contribution in [2.75, 3.05) is 14.2 Å². The van der Waals surface area contributed by atoms with E-state index in [-0.39, 0.29) is 5.91 Å². The zero-order valence-corrected chi connectivity index (χ0v) is 11.7. The maximum absolute atomic E-state index is 11.8. The van der Waals surface area contributed by atoms with Crippen LogP contribution in [0.5, 0.6) is 11.5 Å². The van der Waals surface area contributed by atoms with E-state index in [0.717, 1.165) is 5.56 Å². The van der Waals surface area contributed by atoms with E-state index in [2.05, 4.69) is 15.5 Å². The van der Waals surface area contributed by atoms with Crippen LogP contribution in [0.1, 0.15) is 15.9 Å². The number of hydrogen-bond acceptors (Lipinski definition) is 5. The van der Waals surface area contributed by atoms with Crippen LogP contribution in [-0.2, 0) is 0 Å². The van der Waals surface area contributed by atoms with Crippen molar-refractivity contribution in [3.63, 3.8) is 0 Å². The molecule has 0 aliphatic carbocycles. The average molecular weight is 285 g/mol. The van der Waals surface area contributed by atoms with Crippen LogP contribution in [-0.4, -0.2) is 31.3 Å². The molecule has 0 bridgehead atoms. The number of hydrazone groups is 1. The van der Waals surface area contributed by atoms with Gasteiger partial charge in [0, 0.05) is 24.0 Å². The molecular weight excluding hydrogens is 270 g/mol. The molecule has 0 unspecified atom stereocenters. The van der Waals surface area contributed by atoms with E-state index in [1.807, 2.05) is 0 Å². The molecule has 6 heteroatoms. The molecule has 0 radical (unpaired) electrons. The fourth-order valence-electron chi connectivity index (χ4n) is 1.65. The van der Waals surface area contributed by atoms with Gasteiger partial charge in [-0.2, -0.15) is 5.10 Å². The number of rotatable bonds is 5. The van der Waals surface area contributed by atoms with Gasteiger partial charge in [-0.3, -0.25) is 9.78 Å². The molecule has 2 aromatic rings. The van der Waals surface area contributed by atoms with Crippen LogP contribution >= 0.6 is 0 Å². The van der Waals surface area contributed by atoms with Crippen LogP contribution in [0.3, 0.4) is 0 Å². The van der Waals surface area contributed by atoms with E-state index < -0.39 is 0 Å². The predicted molar refractivity (Wildman–Crippen MR) is 78.8 cm³/mol. The lowest BCUT2D eigenvalue weighted by molar-refractivity contribution is 0.0955. The van der Waals surface area contributed by atoms with E-state index in [0.29, 0.717) is 17.1 Å². The molecule has 1 aromatic heterocycles. The van der Waals surface area contributed by atoms with Crippen LogP contribution in [0.2, 0.25) is 0 Å². The normalized spacial score (nSPS) is 10.4. The summed E-state index contributed by atoms with van der Waals surface area (Å²) in [6.07, 6.45) is 4.58. The number of amides is 1. The average Bonchev–Trinajstić information content (AvgIpc) is 2.55. The fraction of sp³-hybridized carbons (Fsp3) is 0.133. The van der Waals surface area contributed by atoms with Gasteiger partial charge in [-0.15, -0.1) is 0 Å². The van der Waals surface area contributed by atoms with E-state index in [1.165, 1.54) is 12.4 Å². The summed E-state index contributed by atoms with van der Waals surface area (Å²) in [6, 6.07) is 8.66. The largest absolute Gasteiger partial charge is 0.497 e. The first-order valence-corrected chi connectivity index (χ1v) is 6.20. The molecule has 21 heavy (non-hydrogen) atoms. The Balaban J connectivity index is 2.06. The van der Waals surface area contributed by atoms with Gasteiger partial charge < -0.3 is 9.47 Å². The Hall–Kier alpha value is -2.89.